The highest BCUT2D eigenvalue weighted by Gasteiger charge is 2.28. The third-order valence-electron chi connectivity index (χ3n) is 4.34. The van der Waals surface area contributed by atoms with Crippen molar-refractivity contribution in [1.82, 2.24) is 10.2 Å². The zero-order valence-corrected chi connectivity index (χ0v) is 10.9. The van der Waals surface area contributed by atoms with Gasteiger partial charge in [-0.05, 0) is 63.7 Å². The van der Waals surface area contributed by atoms with Crippen molar-refractivity contribution in [2.45, 2.75) is 51.9 Å². The van der Waals surface area contributed by atoms with Crippen molar-refractivity contribution in [3.8, 4) is 0 Å². The van der Waals surface area contributed by atoms with Crippen molar-refractivity contribution in [1.29, 1.82) is 0 Å². The Bertz CT molecular complexity index is 187. The molecule has 0 saturated carbocycles. The summed E-state index contributed by atoms with van der Waals surface area (Å²) in [5.74, 6) is 0. The molecule has 2 nitrogen and oxygen atoms in total. The molecule has 94 valence electrons. The van der Waals surface area contributed by atoms with Crippen molar-refractivity contribution in [2.24, 2.45) is 5.41 Å². The average Bonchev–Trinajstić information content (AvgIpc) is 2.61. The summed E-state index contributed by atoms with van der Waals surface area (Å²) in [5, 5.41) is 3.53. The predicted molar refractivity (Wildman–Crippen MR) is 69.7 cm³/mol. The van der Waals surface area contributed by atoms with Gasteiger partial charge in [-0.15, -0.1) is 0 Å². The maximum atomic E-state index is 3.53. The molecule has 2 rings (SSSR count). The second-order valence-electron chi connectivity index (χ2n) is 6.10. The Hall–Kier alpha value is -0.0800. The Morgan fingerprint density at radius 3 is 2.44 bits per heavy atom. The molecule has 1 atom stereocenters. The summed E-state index contributed by atoms with van der Waals surface area (Å²) < 4.78 is 0. The van der Waals surface area contributed by atoms with Gasteiger partial charge in [0.1, 0.15) is 0 Å². The smallest absolute Gasteiger partial charge is 0.00358 e. The fourth-order valence-corrected chi connectivity index (χ4v) is 3.27. The third kappa shape index (κ3) is 3.74. The van der Waals surface area contributed by atoms with Crippen LogP contribution in [0.2, 0.25) is 0 Å². The van der Waals surface area contributed by atoms with Crippen LogP contribution >= 0.6 is 0 Å². The van der Waals surface area contributed by atoms with Gasteiger partial charge >= 0.3 is 0 Å². The molecule has 1 unspecified atom stereocenters. The number of hydrogen-bond acceptors (Lipinski definition) is 2. The van der Waals surface area contributed by atoms with Crippen LogP contribution in [0.1, 0.15) is 51.9 Å². The Kier molecular flexibility index (Phi) is 4.66. The van der Waals surface area contributed by atoms with E-state index >= 15 is 0 Å². The number of rotatable bonds is 2. The van der Waals surface area contributed by atoms with Crippen molar-refractivity contribution >= 4 is 0 Å². The Balaban J connectivity index is 1.84. The SMILES string of the molecule is CC1(CN2CCCCCC2)CCCNCC1. The number of nitrogens with one attached hydrogen (secondary N) is 1. The van der Waals surface area contributed by atoms with Gasteiger partial charge in [-0.25, -0.2) is 0 Å². The fraction of sp³-hybridized carbons (Fsp3) is 1.00. The average molecular weight is 224 g/mol. The first kappa shape index (κ1) is 12.4. The molecule has 1 N–H and O–H groups in total. The van der Waals surface area contributed by atoms with Crippen LogP contribution in [-0.2, 0) is 0 Å². The van der Waals surface area contributed by atoms with Crippen molar-refractivity contribution in [3.63, 3.8) is 0 Å². The van der Waals surface area contributed by atoms with E-state index in [0.29, 0.717) is 5.41 Å². The molecule has 0 amide bonds. The second-order valence-corrected chi connectivity index (χ2v) is 6.10. The van der Waals surface area contributed by atoms with E-state index in [4.69, 9.17) is 0 Å². The van der Waals surface area contributed by atoms with Gasteiger partial charge in [-0.2, -0.15) is 0 Å². The molecular formula is C14H28N2. The van der Waals surface area contributed by atoms with Gasteiger partial charge in [-0.3, -0.25) is 0 Å². The van der Waals surface area contributed by atoms with Crippen LogP contribution in [0.15, 0.2) is 0 Å². The van der Waals surface area contributed by atoms with Crippen LogP contribution in [0.25, 0.3) is 0 Å². The molecule has 16 heavy (non-hydrogen) atoms. The van der Waals surface area contributed by atoms with Crippen molar-refractivity contribution in [2.75, 3.05) is 32.7 Å². The number of nitrogens with zero attached hydrogens (tertiary/aromatic N) is 1. The highest BCUT2D eigenvalue weighted by Crippen LogP contribution is 2.30. The fourth-order valence-electron chi connectivity index (χ4n) is 3.27. The van der Waals surface area contributed by atoms with Crippen LogP contribution in [0.4, 0.5) is 0 Å². The van der Waals surface area contributed by atoms with E-state index in [1.807, 2.05) is 0 Å². The molecule has 2 aliphatic heterocycles. The summed E-state index contributed by atoms with van der Waals surface area (Å²) in [7, 11) is 0. The minimum absolute atomic E-state index is 0.577. The Morgan fingerprint density at radius 2 is 1.69 bits per heavy atom. The molecule has 2 fully saturated rings. The largest absolute Gasteiger partial charge is 0.317 e. The molecule has 2 heteroatoms. The molecule has 0 aliphatic carbocycles. The molecule has 2 aliphatic rings. The standard InChI is InChI=1S/C14H28N2/c1-14(7-6-9-15-10-8-14)13-16-11-4-2-3-5-12-16/h15H,2-13H2,1H3. The van der Waals surface area contributed by atoms with Crippen molar-refractivity contribution < 1.29 is 0 Å². The monoisotopic (exact) mass is 224 g/mol. The lowest BCUT2D eigenvalue weighted by Gasteiger charge is -2.34. The van der Waals surface area contributed by atoms with Gasteiger partial charge < -0.3 is 10.2 Å². The maximum Gasteiger partial charge on any atom is 0.00358 e. The minimum atomic E-state index is 0.577. The molecular weight excluding hydrogens is 196 g/mol. The summed E-state index contributed by atoms with van der Waals surface area (Å²) in [6, 6.07) is 0. The quantitative estimate of drug-likeness (QED) is 0.776. The normalized spacial score (nSPS) is 34.3. The van der Waals surface area contributed by atoms with Gasteiger partial charge in [-0.1, -0.05) is 19.8 Å². The third-order valence-corrected chi connectivity index (χ3v) is 4.34. The van der Waals surface area contributed by atoms with Crippen LogP contribution in [0, 0.1) is 5.41 Å². The number of hydrogen-bond donors (Lipinski definition) is 1. The Morgan fingerprint density at radius 1 is 0.938 bits per heavy atom. The zero-order chi connectivity index (χ0) is 11.3. The second kappa shape index (κ2) is 6.02. The van der Waals surface area contributed by atoms with E-state index in [1.165, 1.54) is 77.7 Å². The molecule has 2 saturated heterocycles. The molecule has 0 aromatic heterocycles. The van der Waals surface area contributed by atoms with Crippen LogP contribution < -0.4 is 5.32 Å². The molecule has 0 bridgehead atoms. The van der Waals surface area contributed by atoms with Gasteiger partial charge in [0, 0.05) is 6.54 Å². The van der Waals surface area contributed by atoms with Crippen molar-refractivity contribution in [3.05, 3.63) is 0 Å². The lowest BCUT2D eigenvalue weighted by Crippen LogP contribution is -2.37. The highest BCUT2D eigenvalue weighted by molar-refractivity contribution is 4.82. The molecule has 0 radical (unpaired) electrons. The van der Waals surface area contributed by atoms with E-state index in [1.54, 1.807) is 0 Å². The topological polar surface area (TPSA) is 15.3 Å². The highest BCUT2D eigenvalue weighted by atomic mass is 15.1. The Labute approximate surface area is 101 Å². The van der Waals surface area contributed by atoms with Crippen LogP contribution in [0.5, 0.6) is 0 Å². The van der Waals surface area contributed by atoms with Gasteiger partial charge in [0.15, 0.2) is 0 Å². The van der Waals surface area contributed by atoms with E-state index < -0.39 is 0 Å². The first-order chi connectivity index (χ1) is 7.79. The van der Waals surface area contributed by atoms with Gasteiger partial charge in [0.05, 0.1) is 0 Å². The molecule has 2 heterocycles. The van der Waals surface area contributed by atoms with E-state index in [0.717, 1.165) is 0 Å². The summed E-state index contributed by atoms with van der Waals surface area (Å²) in [5.41, 5.74) is 0.577. The van der Waals surface area contributed by atoms with Gasteiger partial charge in [0.2, 0.25) is 0 Å². The van der Waals surface area contributed by atoms with Crippen LogP contribution in [-0.4, -0.2) is 37.6 Å². The predicted octanol–water partition coefficient (Wildman–Crippen LogP) is 2.64. The first-order valence-corrected chi connectivity index (χ1v) is 7.22. The van der Waals surface area contributed by atoms with Crippen LogP contribution in [0.3, 0.4) is 0 Å². The summed E-state index contributed by atoms with van der Waals surface area (Å²) in [4.78, 5) is 2.73. The lowest BCUT2D eigenvalue weighted by atomic mass is 9.82. The van der Waals surface area contributed by atoms with E-state index in [9.17, 15) is 0 Å². The summed E-state index contributed by atoms with van der Waals surface area (Å²) >= 11 is 0. The van der Waals surface area contributed by atoms with E-state index in [-0.39, 0.29) is 0 Å². The maximum absolute atomic E-state index is 3.53. The molecule has 0 aromatic rings. The number of likely N-dealkylation sites (tertiary alicyclic amines) is 1. The lowest BCUT2D eigenvalue weighted by molar-refractivity contribution is 0.153. The minimum Gasteiger partial charge on any atom is -0.317 e. The summed E-state index contributed by atoms with van der Waals surface area (Å²) in [6.45, 7) is 9.01. The zero-order valence-electron chi connectivity index (χ0n) is 10.9. The molecule has 0 spiro atoms. The first-order valence-electron chi connectivity index (χ1n) is 7.22. The molecule has 0 aromatic carbocycles. The summed E-state index contributed by atoms with van der Waals surface area (Å²) in [6.07, 6.45) is 9.90. The van der Waals surface area contributed by atoms with Gasteiger partial charge in [0.25, 0.3) is 0 Å². The van der Waals surface area contributed by atoms with E-state index in [2.05, 4.69) is 17.1 Å².